The summed E-state index contributed by atoms with van der Waals surface area (Å²) in [6.45, 7) is 6.13. The monoisotopic (exact) mass is 353 g/mol. The van der Waals surface area contributed by atoms with Crippen molar-refractivity contribution < 1.29 is 19.1 Å². The van der Waals surface area contributed by atoms with Gasteiger partial charge in [0.05, 0.1) is 18.4 Å². The molecule has 0 bridgehead atoms. The Morgan fingerprint density at radius 1 is 1.12 bits per heavy atom. The Morgan fingerprint density at radius 2 is 1.75 bits per heavy atom. The molecular weight excluding hydrogens is 330 g/mol. The van der Waals surface area contributed by atoms with Gasteiger partial charge in [-0.05, 0) is 45.1 Å². The molecule has 0 saturated heterocycles. The largest absolute Gasteiger partial charge is 0.465 e. The summed E-state index contributed by atoms with van der Waals surface area (Å²) in [5.74, 6) is -0.451. The molecule has 0 aliphatic rings. The van der Waals surface area contributed by atoms with E-state index < -0.39 is 17.7 Å². The molecule has 1 aromatic carbocycles. The number of amides is 1. The molecule has 1 aromatic rings. The summed E-state index contributed by atoms with van der Waals surface area (Å²) < 4.78 is 9.84. The molecule has 0 spiro atoms. The minimum Gasteiger partial charge on any atom is -0.465 e. The van der Waals surface area contributed by atoms with Gasteiger partial charge in [-0.3, -0.25) is 0 Å². The van der Waals surface area contributed by atoms with Gasteiger partial charge in [0.2, 0.25) is 0 Å². The van der Waals surface area contributed by atoms with Crippen LogP contribution in [0, 0.1) is 0 Å². The number of benzene rings is 1. The second kappa shape index (κ2) is 9.07. The second-order valence-corrected chi connectivity index (χ2v) is 6.25. The van der Waals surface area contributed by atoms with E-state index in [2.05, 4.69) is 16.0 Å². The van der Waals surface area contributed by atoms with E-state index in [9.17, 15) is 9.59 Å². The lowest BCUT2D eigenvalue weighted by molar-refractivity contribution is 0.0527. The summed E-state index contributed by atoms with van der Waals surface area (Å²) >= 11 is 5.17. The Hall–Kier alpha value is -2.35. The zero-order valence-electron chi connectivity index (χ0n) is 14.3. The zero-order chi connectivity index (χ0) is 18.2. The number of thiocarbonyl (C=S) groups is 1. The number of rotatable bonds is 5. The number of esters is 1. The maximum atomic E-state index is 11.7. The summed E-state index contributed by atoms with van der Waals surface area (Å²) in [7, 11) is 1.32. The van der Waals surface area contributed by atoms with E-state index in [1.807, 2.05) is 0 Å². The Labute approximate surface area is 147 Å². The average Bonchev–Trinajstić information content (AvgIpc) is 2.49. The van der Waals surface area contributed by atoms with Crippen LogP contribution in [0.1, 0.15) is 31.1 Å². The van der Waals surface area contributed by atoms with Crippen LogP contribution in [0.15, 0.2) is 24.3 Å². The van der Waals surface area contributed by atoms with Crippen molar-refractivity contribution in [3.8, 4) is 0 Å². The first-order chi connectivity index (χ1) is 11.2. The number of carbonyl (C=O) groups excluding carboxylic acids is 2. The van der Waals surface area contributed by atoms with E-state index in [0.717, 1.165) is 0 Å². The zero-order valence-corrected chi connectivity index (χ0v) is 15.1. The highest BCUT2D eigenvalue weighted by Crippen LogP contribution is 2.15. The first-order valence-corrected chi connectivity index (χ1v) is 7.83. The smallest absolute Gasteiger partial charge is 0.407 e. The van der Waals surface area contributed by atoms with Crippen molar-refractivity contribution in [1.82, 2.24) is 10.6 Å². The molecule has 0 radical (unpaired) electrons. The molecule has 0 heterocycles. The highest BCUT2D eigenvalue weighted by Gasteiger charge is 2.15. The summed E-state index contributed by atoms with van der Waals surface area (Å²) in [6.07, 6.45) is -0.487. The SMILES string of the molecule is COC(=O)c1ccccc1NC(=S)NCCNC(=O)OC(C)(C)C. The molecule has 0 fully saturated rings. The first-order valence-electron chi connectivity index (χ1n) is 7.42. The van der Waals surface area contributed by atoms with Crippen molar-refractivity contribution in [2.45, 2.75) is 26.4 Å². The van der Waals surface area contributed by atoms with E-state index in [1.165, 1.54) is 7.11 Å². The number of hydrogen-bond acceptors (Lipinski definition) is 5. The Balaban J connectivity index is 2.40. The molecule has 0 aromatic heterocycles. The first kappa shape index (κ1) is 19.7. The molecule has 0 aliphatic heterocycles. The molecule has 8 heteroatoms. The highest BCUT2D eigenvalue weighted by molar-refractivity contribution is 7.80. The maximum Gasteiger partial charge on any atom is 0.407 e. The van der Waals surface area contributed by atoms with Crippen LogP contribution in [0.5, 0.6) is 0 Å². The van der Waals surface area contributed by atoms with Crippen LogP contribution in [0.4, 0.5) is 10.5 Å². The van der Waals surface area contributed by atoms with Gasteiger partial charge in [0.15, 0.2) is 5.11 Å². The van der Waals surface area contributed by atoms with E-state index >= 15 is 0 Å². The fourth-order valence-corrected chi connectivity index (χ4v) is 1.91. The van der Waals surface area contributed by atoms with E-state index in [4.69, 9.17) is 21.7 Å². The van der Waals surface area contributed by atoms with Crippen LogP contribution in [-0.4, -0.2) is 43.0 Å². The average molecular weight is 353 g/mol. The number of ether oxygens (including phenoxy) is 2. The molecule has 0 saturated carbocycles. The van der Waals surface area contributed by atoms with Crippen molar-refractivity contribution in [2.24, 2.45) is 0 Å². The third-order valence-electron chi connectivity index (χ3n) is 2.66. The van der Waals surface area contributed by atoms with E-state index in [1.54, 1.807) is 45.0 Å². The van der Waals surface area contributed by atoms with Crippen LogP contribution in [0.3, 0.4) is 0 Å². The fourth-order valence-electron chi connectivity index (χ4n) is 1.70. The lowest BCUT2D eigenvalue weighted by Gasteiger charge is -2.19. The number of para-hydroxylation sites is 1. The molecular formula is C16H23N3O4S. The predicted octanol–water partition coefficient (Wildman–Crippen LogP) is 2.28. The topological polar surface area (TPSA) is 88.7 Å². The van der Waals surface area contributed by atoms with Crippen LogP contribution in [0.25, 0.3) is 0 Å². The molecule has 132 valence electrons. The van der Waals surface area contributed by atoms with E-state index in [-0.39, 0.29) is 0 Å². The van der Waals surface area contributed by atoms with Gasteiger partial charge in [0.25, 0.3) is 0 Å². The number of methoxy groups -OCH3 is 1. The Bertz CT molecular complexity index is 599. The molecule has 1 rings (SSSR count). The minimum atomic E-state index is -0.536. The van der Waals surface area contributed by atoms with E-state index in [0.29, 0.717) is 29.5 Å². The van der Waals surface area contributed by atoms with Crippen molar-refractivity contribution >= 4 is 35.1 Å². The number of hydrogen-bond donors (Lipinski definition) is 3. The lowest BCUT2D eigenvalue weighted by Crippen LogP contribution is -2.39. The molecule has 24 heavy (non-hydrogen) atoms. The fraction of sp³-hybridized carbons (Fsp3) is 0.438. The minimum absolute atomic E-state index is 0.331. The third kappa shape index (κ3) is 7.28. The lowest BCUT2D eigenvalue weighted by atomic mass is 10.2. The van der Waals surface area contributed by atoms with Gasteiger partial charge in [-0.2, -0.15) is 0 Å². The number of anilines is 1. The van der Waals surface area contributed by atoms with Crippen molar-refractivity contribution in [3.63, 3.8) is 0 Å². The number of carbonyl (C=O) groups is 2. The van der Waals surface area contributed by atoms with Gasteiger partial charge in [-0.15, -0.1) is 0 Å². The Kier molecular flexibility index (Phi) is 7.44. The van der Waals surface area contributed by atoms with Gasteiger partial charge >= 0.3 is 12.1 Å². The summed E-state index contributed by atoms with van der Waals surface area (Å²) in [4.78, 5) is 23.2. The second-order valence-electron chi connectivity index (χ2n) is 5.85. The maximum absolute atomic E-state index is 11.7. The molecule has 7 nitrogen and oxygen atoms in total. The number of alkyl carbamates (subject to hydrolysis) is 1. The molecule has 0 unspecified atom stereocenters. The van der Waals surface area contributed by atoms with Crippen molar-refractivity contribution in [3.05, 3.63) is 29.8 Å². The number of nitrogens with one attached hydrogen (secondary N) is 3. The molecule has 0 atom stereocenters. The molecule has 0 aliphatic carbocycles. The predicted molar refractivity (Wildman–Crippen MR) is 96.2 cm³/mol. The molecule has 3 N–H and O–H groups in total. The van der Waals surface area contributed by atoms with Crippen LogP contribution >= 0.6 is 12.2 Å². The van der Waals surface area contributed by atoms with Gasteiger partial charge in [0.1, 0.15) is 5.60 Å². The quantitative estimate of drug-likeness (QED) is 0.425. The molecule has 1 amide bonds. The summed E-state index contributed by atoms with van der Waals surface area (Å²) in [5.41, 5.74) is 0.393. The van der Waals surface area contributed by atoms with Gasteiger partial charge < -0.3 is 25.4 Å². The van der Waals surface area contributed by atoms with Crippen LogP contribution < -0.4 is 16.0 Å². The van der Waals surface area contributed by atoms with Crippen LogP contribution in [0.2, 0.25) is 0 Å². The van der Waals surface area contributed by atoms with Gasteiger partial charge in [0, 0.05) is 13.1 Å². The summed E-state index contributed by atoms with van der Waals surface area (Å²) in [6, 6.07) is 6.88. The van der Waals surface area contributed by atoms with Crippen molar-refractivity contribution in [2.75, 3.05) is 25.5 Å². The Morgan fingerprint density at radius 3 is 2.38 bits per heavy atom. The van der Waals surface area contributed by atoms with Gasteiger partial charge in [-0.25, -0.2) is 9.59 Å². The van der Waals surface area contributed by atoms with Crippen LogP contribution in [-0.2, 0) is 9.47 Å². The van der Waals surface area contributed by atoms with Crippen molar-refractivity contribution in [1.29, 1.82) is 0 Å². The third-order valence-corrected chi connectivity index (χ3v) is 2.91. The standard InChI is InChI=1S/C16H23N3O4S/c1-16(2,3)23-15(21)18-10-9-17-14(24)19-12-8-6-5-7-11(12)13(20)22-4/h5-8H,9-10H2,1-4H3,(H,18,21)(H2,17,19,24). The highest BCUT2D eigenvalue weighted by atomic mass is 32.1. The van der Waals surface area contributed by atoms with Gasteiger partial charge in [-0.1, -0.05) is 12.1 Å². The normalized spacial score (nSPS) is 10.5. The summed E-state index contributed by atoms with van der Waals surface area (Å²) in [5, 5.41) is 8.80.